The van der Waals surface area contributed by atoms with Gasteiger partial charge < -0.3 is 15.8 Å². The van der Waals surface area contributed by atoms with Crippen molar-refractivity contribution in [3.63, 3.8) is 0 Å². The number of carbonyl (C=O) groups is 1. The van der Waals surface area contributed by atoms with Crippen LogP contribution in [0.5, 0.6) is 0 Å². The number of anilines is 1. The molecule has 0 saturated heterocycles. The summed E-state index contributed by atoms with van der Waals surface area (Å²) in [5.74, 6) is 6.02. The Morgan fingerprint density at radius 1 is 1.50 bits per heavy atom. The van der Waals surface area contributed by atoms with Gasteiger partial charge in [0.2, 0.25) is 5.91 Å². The Bertz CT molecular complexity index is 515. The molecule has 3 N–H and O–H groups in total. The number of nitrogens with one attached hydrogen (secondary N) is 1. The first kappa shape index (κ1) is 16.2. The van der Waals surface area contributed by atoms with Gasteiger partial charge in [-0.15, -0.1) is 0 Å². The van der Waals surface area contributed by atoms with E-state index in [4.69, 9.17) is 10.5 Å². The fourth-order valence-electron chi connectivity index (χ4n) is 1.90. The van der Waals surface area contributed by atoms with Crippen molar-refractivity contribution >= 4 is 11.6 Å². The number of amides is 1. The van der Waals surface area contributed by atoms with Gasteiger partial charge in [0.05, 0.1) is 6.54 Å². The summed E-state index contributed by atoms with van der Waals surface area (Å²) in [6.45, 7) is 4.87. The van der Waals surface area contributed by atoms with Crippen molar-refractivity contribution in [2.75, 3.05) is 25.6 Å². The van der Waals surface area contributed by atoms with Crippen LogP contribution in [0.15, 0.2) is 18.2 Å². The van der Waals surface area contributed by atoms with Crippen LogP contribution in [-0.4, -0.2) is 26.2 Å². The Labute approximate surface area is 120 Å². The molecule has 0 saturated carbocycles. The van der Waals surface area contributed by atoms with E-state index >= 15 is 0 Å². The molecule has 1 atom stereocenters. The number of hydrogen-bond acceptors (Lipinski definition) is 3. The summed E-state index contributed by atoms with van der Waals surface area (Å²) in [5, 5.41) is 2.89. The number of ether oxygens (including phenoxy) is 1. The predicted octanol–water partition coefficient (Wildman–Crippen LogP) is 1.92. The number of aryl methyl sites for hydroxylation is 1. The maximum Gasteiger partial charge on any atom is 0.224 e. The zero-order valence-electron chi connectivity index (χ0n) is 12.3. The van der Waals surface area contributed by atoms with Crippen LogP contribution in [0, 0.1) is 24.7 Å². The van der Waals surface area contributed by atoms with E-state index in [9.17, 15) is 4.79 Å². The molecular formula is C16H22N2O2. The van der Waals surface area contributed by atoms with Crippen LogP contribution in [0.25, 0.3) is 0 Å². The molecule has 0 spiro atoms. The predicted molar refractivity (Wildman–Crippen MR) is 81.4 cm³/mol. The molecule has 108 valence electrons. The van der Waals surface area contributed by atoms with Gasteiger partial charge in [0.15, 0.2) is 0 Å². The minimum Gasteiger partial charge on any atom is -0.384 e. The largest absolute Gasteiger partial charge is 0.384 e. The van der Waals surface area contributed by atoms with Gasteiger partial charge in [-0.2, -0.15) is 0 Å². The fraction of sp³-hybridized carbons (Fsp3) is 0.438. The molecule has 4 heteroatoms. The molecule has 0 aliphatic heterocycles. The van der Waals surface area contributed by atoms with E-state index < -0.39 is 0 Å². The standard InChI is InChI=1S/C16H22N2O2/c1-12(11-20-3)9-16(19)18-15-7-6-14(5-4-8-17)13(2)10-15/h6-7,10,12H,8-9,11,17H2,1-3H3,(H,18,19). The van der Waals surface area contributed by atoms with Crippen LogP contribution >= 0.6 is 0 Å². The number of carbonyl (C=O) groups excluding carboxylic acids is 1. The fourth-order valence-corrected chi connectivity index (χ4v) is 1.90. The summed E-state index contributed by atoms with van der Waals surface area (Å²) in [6.07, 6.45) is 0.446. The maximum atomic E-state index is 11.9. The van der Waals surface area contributed by atoms with Crippen molar-refractivity contribution in [1.29, 1.82) is 0 Å². The molecule has 0 radical (unpaired) electrons. The lowest BCUT2D eigenvalue weighted by Gasteiger charge is -2.11. The minimum absolute atomic E-state index is 0.00487. The Hall–Kier alpha value is -1.83. The Morgan fingerprint density at radius 3 is 2.85 bits per heavy atom. The molecule has 1 aromatic rings. The topological polar surface area (TPSA) is 64.3 Å². The highest BCUT2D eigenvalue weighted by molar-refractivity contribution is 5.91. The Kier molecular flexibility index (Phi) is 6.78. The maximum absolute atomic E-state index is 11.9. The van der Waals surface area contributed by atoms with E-state index in [-0.39, 0.29) is 11.8 Å². The van der Waals surface area contributed by atoms with Crippen molar-refractivity contribution in [3.8, 4) is 11.8 Å². The summed E-state index contributed by atoms with van der Waals surface area (Å²) < 4.78 is 5.02. The normalized spacial score (nSPS) is 11.4. The lowest BCUT2D eigenvalue weighted by molar-refractivity contribution is -0.117. The smallest absolute Gasteiger partial charge is 0.224 e. The lowest BCUT2D eigenvalue weighted by atomic mass is 10.1. The number of methoxy groups -OCH3 is 1. The molecule has 1 unspecified atom stereocenters. The first-order valence-electron chi connectivity index (χ1n) is 6.65. The highest BCUT2D eigenvalue weighted by Crippen LogP contribution is 2.15. The van der Waals surface area contributed by atoms with Crippen LogP contribution in [0.1, 0.15) is 24.5 Å². The Balaban J connectivity index is 2.65. The first-order chi connectivity index (χ1) is 9.56. The second-order valence-electron chi connectivity index (χ2n) is 4.85. The monoisotopic (exact) mass is 274 g/mol. The second kappa shape index (κ2) is 8.36. The third-order valence-corrected chi connectivity index (χ3v) is 2.82. The van der Waals surface area contributed by atoms with E-state index in [2.05, 4.69) is 17.2 Å². The number of nitrogens with two attached hydrogens (primary N) is 1. The average molecular weight is 274 g/mol. The Morgan fingerprint density at radius 2 is 2.25 bits per heavy atom. The summed E-state index contributed by atoms with van der Waals surface area (Å²) >= 11 is 0. The van der Waals surface area contributed by atoms with Crippen molar-refractivity contribution < 1.29 is 9.53 Å². The third kappa shape index (κ3) is 5.43. The molecule has 0 aliphatic carbocycles. The van der Waals surface area contributed by atoms with Gasteiger partial charge in [-0.05, 0) is 36.6 Å². The molecule has 4 nitrogen and oxygen atoms in total. The van der Waals surface area contributed by atoms with E-state index in [1.54, 1.807) is 7.11 Å². The van der Waals surface area contributed by atoms with Gasteiger partial charge in [0.1, 0.15) is 0 Å². The van der Waals surface area contributed by atoms with Crippen LogP contribution < -0.4 is 11.1 Å². The molecule has 0 aliphatic rings. The zero-order chi connectivity index (χ0) is 15.0. The number of rotatable bonds is 5. The third-order valence-electron chi connectivity index (χ3n) is 2.82. The average Bonchev–Trinajstić information content (AvgIpc) is 2.37. The van der Waals surface area contributed by atoms with E-state index in [1.165, 1.54) is 0 Å². The number of hydrogen-bond donors (Lipinski definition) is 2. The molecule has 0 heterocycles. The zero-order valence-corrected chi connectivity index (χ0v) is 12.3. The summed E-state index contributed by atoms with van der Waals surface area (Å²) in [7, 11) is 1.64. The first-order valence-corrected chi connectivity index (χ1v) is 6.65. The van der Waals surface area contributed by atoms with Crippen LogP contribution in [0.4, 0.5) is 5.69 Å². The van der Waals surface area contributed by atoms with Gasteiger partial charge in [-0.1, -0.05) is 18.8 Å². The van der Waals surface area contributed by atoms with Crippen molar-refractivity contribution in [2.24, 2.45) is 11.7 Å². The molecule has 20 heavy (non-hydrogen) atoms. The highest BCUT2D eigenvalue weighted by Gasteiger charge is 2.09. The van der Waals surface area contributed by atoms with Crippen LogP contribution in [-0.2, 0) is 9.53 Å². The quantitative estimate of drug-likeness (QED) is 0.806. The van der Waals surface area contributed by atoms with Gasteiger partial charge >= 0.3 is 0 Å². The van der Waals surface area contributed by atoms with E-state index in [0.717, 1.165) is 16.8 Å². The van der Waals surface area contributed by atoms with Crippen LogP contribution in [0.2, 0.25) is 0 Å². The van der Waals surface area contributed by atoms with Gasteiger partial charge in [0.25, 0.3) is 0 Å². The molecule has 1 amide bonds. The van der Waals surface area contributed by atoms with Gasteiger partial charge in [-0.3, -0.25) is 4.79 Å². The molecule has 1 rings (SSSR count). The summed E-state index contributed by atoms with van der Waals surface area (Å²) in [4.78, 5) is 11.9. The van der Waals surface area contributed by atoms with Crippen molar-refractivity contribution in [3.05, 3.63) is 29.3 Å². The molecule has 1 aromatic carbocycles. The second-order valence-corrected chi connectivity index (χ2v) is 4.85. The summed E-state index contributed by atoms with van der Waals surface area (Å²) in [5.41, 5.74) is 8.09. The van der Waals surface area contributed by atoms with Crippen LogP contribution in [0.3, 0.4) is 0 Å². The van der Waals surface area contributed by atoms with E-state index in [1.807, 2.05) is 32.0 Å². The lowest BCUT2D eigenvalue weighted by Crippen LogP contribution is -2.17. The molecule has 0 bridgehead atoms. The van der Waals surface area contributed by atoms with Gasteiger partial charge in [-0.25, -0.2) is 0 Å². The SMILES string of the molecule is COCC(C)CC(=O)Nc1ccc(C#CCN)c(C)c1. The van der Waals surface area contributed by atoms with E-state index in [0.29, 0.717) is 19.6 Å². The molecular weight excluding hydrogens is 252 g/mol. The molecule has 0 fully saturated rings. The van der Waals surface area contributed by atoms with Gasteiger partial charge in [0, 0.05) is 31.4 Å². The van der Waals surface area contributed by atoms with Crippen molar-refractivity contribution in [1.82, 2.24) is 0 Å². The van der Waals surface area contributed by atoms with Crippen molar-refractivity contribution in [2.45, 2.75) is 20.3 Å². The molecule has 0 aromatic heterocycles. The number of benzene rings is 1. The highest BCUT2D eigenvalue weighted by atomic mass is 16.5. The minimum atomic E-state index is -0.00487. The summed E-state index contributed by atoms with van der Waals surface area (Å²) in [6, 6.07) is 5.66.